The topological polar surface area (TPSA) is 48.4 Å². The van der Waals surface area contributed by atoms with Crippen LogP contribution in [0.15, 0.2) is 29.6 Å². The molecule has 1 aromatic heterocycles. The molecule has 1 aliphatic rings. The van der Waals surface area contributed by atoms with Crippen molar-refractivity contribution in [3.8, 4) is 10.6 Å². The lowest BCUT2D eigenvalue weighted by molar-refractivity contribution is 0.115. The second kappa shape index (κ2) is 8.67. The minimum Gasteiger partial charge on any atom is -0.395 e. The predicted octanol–water partition coefficient (Wildman–Crippen LogP) is 2.89. The van der Waals surface area contributed by atoms with Crippen LogP contribution in [0, 0.1) is 5.82 Å². The number of aliphatic hydroxyl groups is 1. The molecule has 1 fully saturated rings. The first kappa shape index (κ1) is 17.5. The molecule has 0 bridgehead atoms. The minimum atomic E-state index is -0.225. The van der Waals surface area contributed by atoms with Crippen LogP contribution >= 0.6 is 11.3 Å². The molecule has 0 spiro atoms. The van der Waals surface area contributed by atoms with Gasteiger partial charge in [0, 0.05) is 36.6 Å². The summed E-state index contributed by atoms with van der Waals surface area (Å²) in [7, 11) is 0. The van der Waals surface area contributed by atoms with Crippen LogP contribution in [0.2, 0.25) is 0 Å². The summed E-state index contributed by atoms with van der Waals surface area (Å²) in [5.41, 5.74) is 1.97. The Morgan fingerprint density at radius 3 is 2.92 bits per heavy atom. The van der Waals surface area contributed by atoms with E-state index in [0.717, 1.165) is 42.4 Å². The van der Waals surface area contributed by atoms with Gasteiger partial charge in [0.2, 0.25) is 0 Å². The Labute approximate surface area is 146 Å². The Bertz CT molecular complexity index is 629. The van der Waals surface area contributed by atoms with Crippen molar-refractivity contribution < 1.29 is 9.50 Å². The van der Waals surface area contributed by atoms with Gasteiger partial charge in [-0.2, -0.15) is 0 Å². The van der Waals surface area contributed by atoms with Gasteiger partial charge in [0.1, 0.15) is 10.8 Å². The number of β-amino-alcohol motifs (C(OH)–C–C–N with tert-alkyl or cyclic N) is 1. The van der Waals surface area contributed by atoms with Crippen molar-refractivity contribution in [3.63, 3.8) is 0 Å². The predicted molar refractivity (Wildman–Crippen MR) is 95.5 cm³/mol. The van der Waals surface area contributed by atoms with Crippen molar-refractivity contribution in [1.29, 1.82) is 0 Å². The molecule has 2 aromatic rings. The average Bonchev–Trinajstić information content (AvgIpc) is 3.06. The van der Waals surface area contributed by atoms with Gasteiger partial charge in [0.15, 0.2) is 0 Å². The Morgan fingerprint density at radius 1 is 1.29 bits per heavy atom. The number of nitrogens with one attached hydrogen (secondary N) is 1. The van der Waals surface area contributed by atoms with E-state index in [2.05, 4.69) is 20.6 Å². The molecule has 130 valence electrons. The number of halogens is 1. The van der Waals surface area contributed by atoms with Crippen molar-refractivity contribution in [2.75, 3.05) is 26.2 Å². The van der Waals surface area contributed by atoms with Gasteiger partial charge in [-0.1, -0.05) is 6.42 Å². The fraction of sp³-hybridized carbons (Fsp3) is 0.500. The lowest BCUT2D eigenvalue weighted by Crippen LogP contribution is -2.46. The molecular formula is C18H24FN3OS. The molecule has 3 rings (SSSR count). The zero-order valence-electron chi connectivity index (χ0n) is 13.7. The summed E-state index contributed by atoms with van der Waals surface area (Å²) in [6.45, 7) is 3.73. The van der Waals surface area contributed by atoms with Gasteiger partial charge in [-0.3, -0.25) is 4.90 Å². The molecule has 1 aliphatic heterocycles. The number of rotatable bonds is 7. The van der Waals surface area contributed by atoms with E-state index in [4.69, 9.17) is 0 Å². The highest BCUT2D eigenvalue weighted by Crippen LogP contribution is 2.24. The average molecular weight is 349 g/mol. The maximum atomic E-state index is 13.0. The molecule has 2 N–H and O–H groups in total. The molecular weight excluding hydrogens is 325 g/mol. The standard InChI is InChI=1S/C18H24FN3OS/c19-15-6-4-14(5-7-15)18-21-16(13-24-18)11-20-12-17-3-1-2-8-22(17)9-10-23/h4-7,13,17,20,23H,1-3,8-12H2. The number of thiazole rings is 1. The molecule has 0 amide bonds. The molecule has 0 saturated carbocycles. The molecule has 1 aromatic carbocycles. The minimum absolute atomic E-state index is 0.225. The maximum Gasteiger partial charge on any atom is 0.123 e. The monoisotopic (exact) mass is 349 g/mol. The van der Waals surface area contributed by atoms with Crippen LogP contribution in [0.4, 0.5) is 4.39 Å². The number of hydrogen-bond donors (Lipinski definition) is 2. The summed E-state index contributed by atoms with van der Waals surface area (Å²) in [5.74, 6) is -0.225. The van der Waals surface area contributed by atoms with Crippen LogP contribution in [0.3, 0.4) is 0 Å². The first-order chi connectivity index (χ1) is 11.8. The van der Waals surface area contributed by atoms with Crippen molar-refractivity contribution in [3.05, 3.63) is 41.2 Å². The maximum absolute atomic E-state index is 13.0. The normalized spacial score (nSPS) is 18.8. The Kier molecular flexibility index (Phi) is 6.31. The fourth-order valence-corrected chi connectivity index (χ4v) is 4.02. The molecule has 6 heteroatoms. The molecule has 1 unspecified atom stereocenters. The third kappa shape index (κ3) is 4.60. The number of likely N-dealkylation sites (tertiary alicyclic amines) is 1. The van der Waals surface area contributed by atoms with Gasteiger partial charge < -0.3 is 10.4 Å². The third-order valence-electron chi connectivity index (χ3n) is 4.47. The van der Waals surface area contributed by atoms with Gasteiger partial charge in [-0.05, 0) is 43.7 Å². The number of hydrogen-bond acceptors (Lipinski definition) is 5. The Hall–Kier alpha value is -1.34. The number of aliphatic hydroxyl groups excluding tert-OH is 1. The van der Waals surface area contributed by atoms with Crippen LogP contribution in [-0.2, 0) is 6.54 Å². The number of piperidine rings is 1. The van der Waals surface area contributed by atoms with Crippen LogP contribution < -0.4 is 5.32 Å². The molecule has 24 heavy (non-hydrogen) atoms. The molecule has 2 heterocycles. The molecule has 0 radical (unpaired) electrons. The van der Waals surface area contributed by atoms with Gasteiger partial charge in [-0.25, -0.2) is 9.37 Å². The second-order valence-electron chi connectivity index (χ2n) is 6.19. The van der Waals surface area contributed by atoms with Crippen LogP contribution in [0.1, 0.15) is 25.0 Å². The zero-order chi connectivity index (χ0) is 16.8. The summed E-state index contributed by atoms with van der Waals surface area (Å²) in [5, 5.41) is 15.6. The van der Waals surface area contributed by atoms with Crippen LogP contribution in [0.5, 0.6) is 0 Å². The molecule has 1 atom stereocenters. The van der Waals surface area contributed by atoms with Crippen molar-refractivity contribution in [2.45, 2.75) is 31.8 Å². The summed E-state index contributed by atoms with van der Waals surface area (Å²) in [6, 6.07) is 6.96. The van der Waals surface area contributed by atoms with E-state index in [1.165, 1.54) is 31.4 Å². The Morgan fingerprint density at radius 2 is 2.12 bits per heavy atom. The van der Waals surface area contributed by atoms with Gasteiger partial charge in [0.25, 0.3) is 0 Å². The zero-order valence-corrected chi connectivity index (χ0v) is 14.6. The van der Waals surface area contributed by atoms with Crippen molar-refractivity contribution >= 4 is 11.3 Å². The van der Waals surface area contributed by atoms with Crippen molar-refractivity contribution in [1.82, 2.24) is 15.2 Å². The summed E-state index contributed by atoms with van der Waals surface area (Å²) < 4.78 is 13.0. The summed E-state index contributed by atoms with van der Waals surface area (Å²) in [6.07, 6.45) is 3.67. The van der Waals surface area contributed by atoms with Gasteiger partial charge >= 0.3 is 0 Å². The van der Waals surface area contributed by atoms with Crippen LogP contribution in [-0.4, -0.2) is 47.3 Å². The highest BCUT2D eigenvalue weighted by molar-refractivity contribution is 7.13. The lowest BCUT2D eigenvalue weighted by atomic mass is 10.0. The second-order valence-corrected chi connectivity index (χ2v) is 7.05. The van der Waals surface area contributed by atoms with Gasteiger partial charge in [0.05, 0.1) is 12.3 Å². The van der Waals surface area contributed by atoms with E-state index < -0.39 is 0 Å². The first-order valence-corrected chi connectivity index (χ1v) is 9.40. The number of nitrogens with zero attached hydrogens (tertiary/aromatic N) is 2. The van der Waals surface area contributed by atoms with Crippen molar-refractivity contribution in [2.24, 2.45) is 0 Å². The highest BCUT2D eigenvalue weighted by atomic mass is 32.1. The lowest BCUT2D eigenvalue weighted by Gasteiger charge is -2.35. The highest BCUT2D eigenvalue weighted by Gasteiger charge is 2.21. The molecule has 4 nitrogen and oxygen atoms in total. The van der Waals surface area contributed by atoms with E-state index in [0.29, 0.717) is 6.04 Å². The van der Waals surface area contributed by atoms with Crippen LogP contribution in [0.25, 0.3) is 10.6 Å². The summed E-state index contributed by atoms with van der Waals surface area (Å²) >= 11 is 1.59. The number of aromatic nitrogens is 1. The smallest absolute Gasteiger partial charge is 0.123 e. The largest absolute Gasteiger partial charge is 0.395 e. The van der Waals surface area contributed by atoms with E-state index in [9.17, 15) is 9.50 Å². The van der Waals surface area contributed by atoms with E-state index in [-0.39, 0.29) is 12.4 Å². The molecule has 1 saturated heterocycles. The fourth-order valence-electron chi connectivity index (χ4n) is 3.19. The van der Waals surface area contributed by atoms with E-state index >= 15 is 0 Å². The van der Waals surface area contributed by atoms with E-state index in [1.807, 2.05) is 0 Å². The van der Waals surface area contributed by atoms with E-state index in [1.54, 1.807) is 23.5 Å². The number of benzene rings is 1. The summed E-state index contributed by atoms with van der Waals surface area (Å²) in [4.78, 5) is 7.00. The third-order valence-corrected chi connectivity index (χ3v) is 5.41. The Balaban J connectivity index is 1.51. The molecule has 0 aliphatic carbocycles. The first-order valence-electron chi connectivity index (χ1n) is 8.52. The van der Waals surface area contributed by atoms with Gasteiger partial charge in [-0.15, -0.1) is 11.3 Å². The quantitative estimate of drug-likeness (QED) is 0.807. The SMILES string of the molecule is OCCN1CCCCC1CNCc1csc(-c2ccc(F)cc2)n1.